The average molecular weight is 317 g/mol. The number of thioether (sulfide) groups is 1. The van der Waals surface area contributed by atoms with Crippen LogP contribution >= 0.6 is 11.8 Å². The van der Waals surface area contributed by atoms with Crippen LogP contribution in [-0.4, -0.2) is 16.9 Å². The van der Waals surface area contributed by atoms with E-state index in [2.05, 4.69) is 55.9 Å². The molecule has 3 rings (SSSR count). The first-order valence-electron chi connectivity index (χ1n) is 8.46. The summed E-state index contributed by atoms with van der Waals surface area (Å²) in [7, 11) is 0. The Kier molecular flexibility index (Phi) is 4.28. The summed E-state index contributed by atoms with van der Waals surface area (Å²) in [6, 6.07) is 10.8. The van der Waals surface area contributed by atoms with Gasteiger partial charge in [0.1, 0.15) is 0 Å². The Morgan fingerprint density at radius 2 is 2.05 bits per heavy atom. The number of carbonyl (C=O) groups excluding carboxylic acids is 1. The van der Waals surface area contributed by atoms with Gasteiger partial charge in [-0.1, -0.05) is 44.2 Å². The number of fused-ring (bicyclic) bond motifs is 2. The quantitative estimate of drug-likeness (QED) is 0.907. The molecule has 0 heterocycles. The summed E-state index contributed by atoms with van der Waals surface area (Å²) in [5, 5.41) is 0.695. The largest absolute Gasteiger partial charge is 0.369 e. The fourth-order valence-corrected chi connectivity index (χ4v) is 6.11. The predicted molar refractivity (Wildman–Crippen MR) is 93.9 cm³/mol. The second kappa shape index (κ2) is 5.92. The van der Waals surface area contributed by atoms with E-state index in [0.29, 0.717) is 11.2 Å². The minimum absolute atomic E-state index is 0.111. The van der Waals surface area contributed by atoms with Gasteiger partial charge in [-0.3, -0.25) is 4.79 Å². The van der Waals surface area contributed by atoms with Gasteiger partial charge in [-0.2, -0.15) is 11.8 Å². The monoisotopic (exact) mass is 317 g/mol. The van der Waals surface area contributed by atoms with Gasteiger partial charge in [-0.15, -0.1) is 0 Å². The number of rotatable bonds is 4. The van der Waals surface area contributed by atoms with Gasteiger partial charge in [-0.05, 0) is 54.8 Å². The van der Waals surface area contributed by atoms with Gasteiger partial charge in [-0.25, -0.2) is 0 Å². The van der Waals surface area contributed by atoms with Crippen LogP contribution in [-0.2, 0) is 10.2 Å². The molecule has 2 saturated carbocycles. The molecule has 4 unspecified atom stereocenters. The van der Waals surface area contributed by atoms with Crippen molar-refractivity contribution in [2.24, 2.45) is 17.1 Å². The normalized spacial score (nSPS) is 37.7. The predicted octanol–water partition coefficient (Wildman–Crippen LogP) is 4.13. The standard InChI is InChI=1S/C19H27NOS/c1-3-22-16-9-10-19(15-7-5-4-6-8-15)12-14(16)11-18(2,13-19)17(20)21/h4-8,14,16H,3,9-13H2,1-2H3,(H2,20,21). The lowest BCUT2D eigenvalue weighted by atomic mass is 9.52. The van der Waals surface area contributed by atoms with Crippen molar-refractivity contribution in [2.45, 2.75) is 56.6 Å². The van der Waals surface area contributed by atoms with E-state index < -0.39 is 0 Å². The molecule has 3 heteroatoms. The van der Waals surface area contributed by atoms with Crippen LogP contribution in [0.1, 0.15) is 51.5 Å². The Hall–Kier alpha value is -0.960. The fourth-order valence-electron chi connectivity index (χ4n) is 4.93. The number of benzene rings is 1. The van der Waals surface area contributed by atoms with Gasteiger partial charge in [0, 0.05) is 10.7 Å². The number of carbonyl (C=O) groups is 1. The zero-order chi connectivity index (χ0) is 15.8. The third kappa shape index (κ3) is 2.68. The molecule has 0 saturated heterocycles. The summed E-state index contributed by atoms with van der Waals surface area (Å²) in [6.07, 6.45) is 5.56. The topological polar surface area (TPSA) is 43.1 Å². The van der Waals surface area contributed by atoms with Crippen LogP contribution in [0.5, 0.6) is 0 Å². The van der Waals surface area contributed by atoms with Crippen molar-refractivity contribution in [3.8, 4) is 0 Å². The van der Waals surface area contributed by atoms with Crippen LogP contribution < -0.4 is 5.73 Å². The highest BCUT2D eigenvalue weighted by molar-refractivity contribution is 7.99. The summed E-state index contributed by atoms with van der Waals surface area (Å²) < 4.78 is 0. The van der Waals surface area contributed by atoms with E-state index in [9.17, 15) is 4.79 Å². The van der Waals surface area contributed by atoms with Crippen molar-refractivity contribution >= 4 is 17.7 Å². The van der Waals surface area contributed by atoms with Crippen LogP contribution in [0.2, 0.25) is 0 Å². The molecule has 1 aromatic carbocycles. The number of hydrogen-bond acceptors (Lipinski definition) is 2. The minimum Gasteiger partial charge on any atom is -0.369 e. The molecule has 1 aromatic rings. The molecule has 2 nitrogen and oxygen atoms in total. The van der Waals surface area contributed by atoms with Crippen LogP contribution in [0.15, 0.2) is 30.3 Å². The molecule has 4 atom stereocenters. The first kappa shape index (κ1) is 15.9. The number of primary amides is 1. The van der Waals surface area contributed by atoms with Gasteiger partial charge in [0.15, 0.2) is 0 Å². The van der Waals surface area contributed by atoms with E-state index >= 15 is 0 Å². The smallest absolute Gasteiger partial charge is 0.223 e. The Balaban J connectivity index is 1.98. The van der Waals surface area contributed by atoms with Crippen LogP contribution in [0, 0.1) is 11.3 Å². The second-order valence-corrected chi connectivity index (χ2v) is 8.97. The first-order valence-corrected chi connectivity index (χ1v) is 9.51. The molecule has 2 aliphatic rings. The van der Waals surface area contributed by atoms with Gasteiger partial charge >= 0.3 is 0 Å². The van der Waals surface area contributed by atoms with Crippen LogP contribution in [0.3, 0.4) is 0 Å². The lowest BCUT2D eigenvalue weighted by Gasteiger charge is -2.54. The van der Waals surface area contributed by atoms with Crippen LogP contribution in [0.25, 0.3) is 0 Å². The van der Waals surface area contributed by atoms with Crippen molar-refractivity contribution in [3.63, 3.8) is 0 Å². The van der Waals surface area contributed by atoms with Crippen molar-refractivity contribution in [3.05, 3.63) is 35.9 Å². The Labute approximate surface area is 138 Å². The van der Waals surface area contributed by atoms with Crippen molar-refractivity contribution in [1.29, 1.82) is 0 Å². The van der Waals surface area contributed by atoms with Crippen molar-refractivity contribution in [2.75, 3.05) is 5.75 Å². The zero-order valence-electron chi connectivity index (χ0n) is 13.7. The Morgan fingerprint density at radius 1 is 1.32 bits per heavy atom. The summed E-state index contributed by atoms with van der Waals surface area (Å²) in [4.78, 5) is 12.2. The molecule has 2 bridgehead atoms. The molecule has 0 aliphatic heterocycles. The Morgan fingerprint density at radius 3 is 2.68 bits per heavy atom. The first-order chi connectivity index (χ1) is 10.5. The maximum absolute atomic E-state index is 12.2. The van der Waals surface area contributed by atoms with Gasteiger partial charge in [0.2, 0.25) is 5.91 Å². The number of nitrogens with two attached hydrogens (primary N) is 1. The molecule has 0 aromatic heterocycles. The second-order valence-electron chi connectivity index (χ2n) is 7.45. The van der Waals surface area contributed by atoms with E-state index in [0.717, 1.165) is 18.6 Å². The molecule has 1 amide bonds. The van der Waals surface area contributed by atoms with Gasteiger partial charge in [0.25, 0.3) is 0 Å². The fraction of sp³-hybridized carbons (Fsp3) is 0.632. The molecule has 0 spiro atoms. The van der Waals surface area contributed by atoms with E-state index in [-0.39, 0.29) is 16.7 Å². The summed E-state index contributed by atoms with van der Waals surface area (Å²) in [6.45, 7) is 4.33. The summed E-state index contributed by atoms with van der Waals surface area (Å²) in [5.41, 5.74) is 7.02. The van der Waals surface area contributed by atoms with Crippen LogP contribution in [0.4, 0.5) is 0 Å². The highest BCUT2D eigenvalue weighted by Gasteiger charge is 2.53. The third-order valence-corrected chi connectivity index (χ3v) is 7.27. The highest BCUT2D eigenvalue weighted by atomic mass is 32.2. The lowest BCUT2D eigenvalue weighted by Crippen LogP contribution is -2.52. The maximum Gasteiger partial charge on any atom is 0.223 e. The van der Waals surface area contributed by atoms with E-state index in [1.54, 1.807) is 0 Å². The lowest BCUT2D eigenvalue weighted by molar-refractivity contribution is -0.132. The van der Waals surface area contributed by atoms with E-state index in [1.165, 1.54) is 24.8 Å². The molecule has 120 valence electrons. The van der Waals surface area contributed by atoms with Gasteiger partial charge in [0.05, 0.1) is 0 Å². The van der Waals surface area contributed by atoms with E-state index in [1.807, 2.05) is 0 Å². The molecule has 2 fully saturated rings. The molecular weight excluding hydrogens is 290 g/mol. The molecule has 0 radical (unpaired) electrons. The third-order valence-electron chi connectivity index (χ3n) is 5.89. The molecule has 2 aliphatic carbocycles. The SMILES string of the molecule is CCSC1CCC2(c3ccccc3)CC1CC(C)(C(N)=O)C2. The summed E-state index contributed by atoms with van der Waals surface area (Å²) >= 11 is 2.08. The highest BCUT2D eigenvalue weighted by Crippen LogP contribution is 2.58. The summed E-state index contributed by atoms with van der Waals surface area (Å²) in [5.74, 6) is 1.66. The van der Waals surface area contributed by atoms with E-state index in [4.69, 9.17) is 5.73 Å². The number of hydrogen-bond donors (Lipinski definition) is 1. The Bertz CT molecular complexity index is 546. The van der Waals surface area contributed by atoms with Crippen molar-refractivity contribution in [1.82, 2.24) is 0 Å². The van der Waals surface area contributed by atoms with Gasteiger partial charge < -0.3 is 5.73 Å². The van der Waals surface area contributed by atoms with Crippen molar-refractivity contribution < 1.29 is 4.79 Å². The zero-order valence-corrected chi connectivity index (χ0v) is 14.5. The molecule has 2 N–H and O–H groups in total. The molecular formula is C19H27NOS. The minimum atomic E-state index is -0.355. The average Bonchev–Trinajstić information content (AvgIpc) is 2.51. The molecule has 22 heavy (non-hydrogen) atoms. The maximum atomic E-state index is 12.2. The number of amides is 1.